The van der Waals surface area contributed by atoms with Crippen LogP contribution in [0.3, 0.4) is 0 Å². The summed E-state index contributed by atoms with van der Waals surface area (Å²) in [6.45, 7) is 0.938. The van der Waals surface area contributed by atoms with Gasteiger partial charge in [-0.1, -0.05) is 12.1 Å². The number of methoxy groups -OCH3 is 2. The quantitative estimate of drug-likeness (QED) is 0.414. The topological polar surface area (TPSA) is 113 Å². The number of carbonyl (C=O) groups is 1. The third kappa shape index (κ3) is 4.06. The summed E-state index contributed by atoms with van der Waals surface area (Å²) in [7, 11) is 5.23. The standard InChI is InChI=1S/C27H26N6O5/c1-32-11-10-16-13-21-24(38-15-37-21)25(36-3)22(16)23(32)26-29-30-31-33(26)19-8-4-6-17(12-19)27(34)28-18-7-5-9-20(14-18)35-2/h4-9,12-14,23H,10-11,15H2,1-3H3,(H,28,34)/t23-/m0/s1. The van der Waals surface area contributed by atoms with Gasteiger partial charge in [-0.25, -0.2) is 0 Å². The van der Waals surface area contributed by atoms with Gasteiger partial charge in [0.05, 0.1) is 19.9 Å². The predicted molar refractivity (Wildman–Crippen MR) is 137 cm³/mol. The molecule has 0 fully saturated rings. The van der Waals surface area contributed by atoms with Crippen LogP contribution in [0.5, 0.6) is 23.0 Å². The molecule has 4 aromatic rings. The number of benzene rings is 3. The van der Waals surface area contributed by atoms with E-state index < -0.39 is 0 Å². The van der Waals surface area contributed by atoms with Crippen molar-refractivity contribution < 1.29 is 23.7 Å². The summed E-state index contributed by atoms with van der Waals surface area (Å²) in [6.07, 6.45) is 0.816. The molecule has 0 spiro atoms. The fourth-order valence-electron chi connectivity index (χ4n) is 4.99. The van der Waals surface area contributed by atoms with Gasteiger partial charge in [-0.05, 0) is 65.9 Å². The summed E-state index contributed by atoms with van der Waals surface area (Å²) in [5, 5.41) is 15.6. The molecule has 1 aromatic heterocycles. The fourth-order valence-corrected chi connectivity index (χ4v) is 4.99. The molecular formula is C27H26N6O5. The number of rotatable bonds is 6. The smallest absolute Gasteiger partial charge is 0.255 e. The highest BCUT2D eigenvalue weighted by Gasteiger charge is 2.37. The number of likely N-dealkylation sites (N-methyl/N-ethyl adjacent to an activating group) is 1. The van der Waals surface area contributed by atoms with E-state index >= 15 is 0 Å². The molecule has 2 aliphatic heterocycles. The number of nitrogens with one attached hydrogen (secondary N) is 1. The van der Waals surface area contributed by atoms with E-state index in [0.717, 1.165) is 24.1 Å². The first-order valence-electron chi connectivity index (χ1n) is 12.1. The van der Waals surface area contributed by atoms with Gasteiger partial charge in [0.1, 0.15) is 11.8 Å². The molecule has 11 heteroatoms. The highest BCUT2D eigenvalue weighted by molar-refractivity contribution is 6.04. The van der Waals surface area contributed by atoms with Crippen LogP contribution in [0.2, 0.25) is 0 Å². The lowest BCUT2D eigenvalue weighted by atomic mass is 9.90. The molecule has 38 heavy (non-hydrogen) atoms. The van der Waals surface area contributed by atoms with E-state index in [1.807, 2.05) is 31.3 Å². The van der Waals surface area contributed by atoms with Crippen molar-refractivity contribution in [3.05, 3.63) is 77.1 Å². The van der Waals surface area contributed by atoms with Crippen molar-refractivity contribution in [2.75, 3.05) is 39.9 Å². The number of aromatic nitrogens is 4. The van der Waals surface area contributed by atoms with Crippen LogP contribution < -0.4 is 24.3 Å². The predicted octanol–water partition coefficient (Wildman–Crippen LogP) is 3.24. The maximum Gasteiger partial charge on any atom is 0.255 e. The minimum absolute atomic E-state index is 0.150. The Labute approximate surface area is 218 Å². The number of tetrazole rings is 1. The average Bonchev–Trinajstić information content (AvgIpc) is 3.62. The summed E-state index contributed by atoms with van der Waals surface area (Å²) in [4.78, 5) is 15.2. The molecule has 0 aliphatic carbocycles. The molecule has 11 nitrogen and oxygen atoms in total. The van der Waals surface area contributed by atoms with E-state index in [1.165, 1.54) is 0 Å². The van der Waals surface area contributed by atoms with Gasteiger partial charge in [-0.15, -0.1) is 5.10 Å². The second-order valence-electron chi connectivity index (χ2n) is 9.03. The Morgan fingerprint density at radius 3 is 2.79 bits per heavy atom. The molecule has 0 unspecified atom stereocenters. The molecule has 1 N–H and O–H groups in total. The third-order valence-corrected chi connectivity index (χ3v) is 6.81. The van der Waals surface area contributed by atoms with Crippen molar-refractivity contribution in [3.63, 3.8) is 0 Å². The Morgan fingerprint density at radius 2 is 1.95 bits per heavy atom. The molecule has 0 saturated carbocycles. The van der Waals surface area contributed by atoms with E-state index in [4.69, 9.17) is 18.9 Å². The maximum atomic E-state index is 13.1. The van der Waals surface area contributed by atoms with Gasteiger partial charge >= 0.3 is 0 Å². The number of fused-ring (bicyclic) bond motifs is 2. The SMILES string of the molecule is COc1cccc(NC(=O)c2cccc(-n3nnnc3[C@@H]3c4c(cc5c(c4OC)OCO5)CCN3C)c2)c1. The third-order valence-electron chi connectivity index (χ3n) is 6.81. The lowest BCUT2D eigenvalue weighted by Gasteiger charge is -2.34. The van der Waals surface area contributed by atoms with Crippen molar-refractivity contribution >= 4 is 11.6 Å². The van der Waals surface area contributed by atoms with E-state index in [1.54, 1.807) is 49.2 Å². The molecule has 2 aliphatic rings. The van der Waals surface area contributed by atoms with Crippen LogP contribution in [-0.4, -0.2) is 65.6 Å². The van der Waals surface area contributed by atoms with Gasteiger partial charge in [0.15, 0.2) is 17.3 Å². The summed E-state index contributed by atoms with van der Waals surface area (Å²) in [5.41, 5.74) is 3.78. The van der Waals surface area contributed by atoms with Gasteiger partial charge in [0.2, 0.25) is 12.5 Å². The minimum Gasteiger partial charge on any atom is -0.497 e. The van der Waals surface area contributed by atoms with Crippen LogP contribution in [0.1, 0.15) is 33.4 Å². The highest BCUT2D eigenvalue weighted by atomic mass is 16.7. The normalized spacial score (nSPS) is 16.1. The average molecular weight is 515 g/mol. The van der Waals surface area contributed by atoms with Crippen LogP contribution in [0.4, 0.5) is 5.69 Å². The van der Waals surface area contributed by atoms with Crippen molar-refractivity contribution in [3.8, 4) is 28.7 Å². The van der Waals surface area contributed by atoms with E-state index in [0.29, 0.717) is 45.8 Å². The summed E-state index contributed by atoms with van der Waals surface area (Å²) in [5.74, 6) is 2.87. The summed E-state index contributed by atoms with van der Waals surface area (Å²) < 4.78 is 24.1. The Balaban J connectivity index is 1.37. The molecule has 6 rings (SSSR count). The van der Waals surface area contributed by atoms with Crippen molar-refractivity contribution in [1.29, 1.82) is 0 Å². The first-order chi connectivity index (χ1) is 18.6. The van der Waals surface area contributed by atoms with Gasteiger partial charge < -0.3 is 24.3 Å². The molecule has 1 atom stereocenters. The van der Waals surface area contributed by atoms with Crippen LogP contribution in [0, 0.1) is 0 Å². The zero-order chi connectivity index (χ0) is 26.2. The first-order valence-corrected chi connectivity index (χ1v) is 12.1. The number of ether oxygens (including phenoxy) is 4. The molecule has 0 saturated heterocycles. The maximum absolute atomic E-state index is 13.1. The van der Waals surface area contributed by atoms with E-state index in [-0.39, 0.29) is 18.7 Å². The summed E-state index contributed by atoms with van der Waals surface area (Å²) >= 11 is 0. The van der Waals surface area contributed by atoms with Crippen LogP contribution in [0.15, 0.2) is 54.6 Å². The Morgan fingerprint density at radius 1 is 1.08 bits per heavy atom. The van der Waals surface area contributed by atoms with Crippen LogP contribution in [0.25, 0.3) is 5.69 Å². The van der Waals surface area contributed by atoms with Gasteiger partial charge in [0.25, 0.3) is 5.91 Å². The number of amides is 1. The van der Waals surface area contributed by atoms with Gasteiger partial charge in [0, 0.05) is 29.4 Å². The number of nitrogens with zero attached hydrogens (tertiary/aromatic N) is 5. The monoisotopic (exact) mass is 514 g/mol. The van der Waals surface area contributed by atoms with E-state index in [2.05, 4.69) is 25.7 Å². The minimum atomic E-state index is -0.313. The second-order valence-corrected chi connectivity index (χ2v) is 9.03. The number of anilines is 1. The van der Waals surface area contributed by atoms with Crippen LogP contribution >= 0.6 is 0 Å². The number of hydrogen-bond acceptors (Lipinski definition) is 9. The number of carbonyl (C=O) groups excluding carboxylic acids is 1. The molecule has 194 valence electrons. The lowest BCUT2D eigenvalue weighted by molar-refractivity contribution is 0.102. The number of hydrogen-bond donors (Lipinski definition) is 1. The Bertz CT molecular complexity index is 1520. The first kappa shape index (κ1) is 23.7. The Hall–Kier alpha value is -4.64. The molecule has 0 bridgehead atoms. The van der Waals surface area contributed by atoms with Crippen LogP contribution in [-0.2, 0) is 6.42 Å². The zero-order valence-corrected chi connectivity index (χ0v) is 21.2. The fraction of sp³-hybridized carbons (Fsp3) is 0.259. The molecule has 1 amide bonds. The molecule has 3 aromatic carbocycles. The van der Waals surface area contributed by atoms with Crippen molar-refractivity contribution in [1.82, 2.24) is 25.1 Å². The summed E-state index contributed by atoms with van der Waals surface area (Å²) in [6, 6.07) is 16.1. The molecule has 0 radical (unpaired) electrons. The lowest BCUT2D eigenvalue weighted by Crippen LogP contribution is -2.35. The van der Waals surface area contributed by atoms with E-state index in [9.17, 15) is 4.79 Å². The zero-order valence-electron chi connectivity index (χ0n) is 21.2. The second kappa shape index (κ2) is 9.67. The van der Waals surface area contributed by atoms with Gasteiger partial charge in [-0.2, -0.15) is 4.68 Å². The van der Waals surface area contributed by atoms with Gasteiger partial charge in [-0.3, -0.25) is 9.69 Å². The molecular weight excluding hydrogens is 488 g/mol. The Kier molecular flexibility index (Phi) is 6.04. The largest absolute Gasteiger partial charge is 0.497 e. The molecule has 3 heterocycles. The van der Waals surface area contributed by atoms with Crippen molar-refractivity contribution in [2.24, 2.45) is 0 Å². The highest BCUT2D eigenvalue weighted by Crippen LogP contribution is 2.50. The van der Waals surface area contributed by atoms with Crippen molar-refractivity contribution in [2.45, 2.75) is 12.5 Å².